The molecule has 0 fully saturated rings. The van der Waals surface area contributed by atoms with E-state index >= 15 is 0 Å². The Labute approximate surface area is 166 Å². The third-order valence-electron chi connectivity index (χ3n) is 4.40. The van der Waals surface area contributed by atoms with Gasteiger partial charge in [0.2, 0.25) is 0 Å². The molecule has 0 aliphatic rings. The number of esters is 1. The van der Waals surface area contributed by atoms with Gasteiger partial charge in [0, 0.05) is 22.6 Å². The lowest BCUT2D eigenvalue weighted by atomic mass is 10.1. The van der Waals surface area contributed by atoms with E-state index in [0.29, 0.717) is 11.3 Å². The molecule has 0 atom stereocenters. The fourth-order valence-corrected chi connectivity index (χ4v) is 3.06. The van der Waals surface area contributed by atoms with Crippen molar-refractivity contribution in [2.45, 2.75) is 20.5 Å². The second-order valence-corrected chi connectivity index (χ2v) is 6.36. The Bertz CT molecular complexity index is 1010. The average Bonchev–Trinajstić information content (AvgIpc) is 3.01. The Morgan fingerprint density at radius 1 is 1.00 bits per heavy atom. The number of hydrogen-bond acceptors (Lipinski definition) is 4. The van der Waals surface area contributed by atoms with E-state index in [4.69, 9.17) is 4.74 Å². The zero-order chi connectivity index (χ0) is 21.0. The number of para-hydroxylation sites is 1. The van der Waals surface area contributed by atoms with E-state index in [1.807, 2.05) is 41.8 Å². The first-order valence-corrected chi connectivity index (χ1v) is 8.86. The Kier molecular flexibility index (Phi) is 6.07. The molecule has 7 heteroatoms. The first kappa shape index (κ1) is 20.3. The lowest BCUT2D eigenvalue weighted by molar-refractivity contribution is -0.0498. The van der Waals surface area contributed by atoms with Gasteiger partial charge in [-0.15, -0.1) is 0 Å². The summed E-state index contributed by atoms with van der Waals surface area (Å²) in [5.74, 6) is -1.10. The monoisotopic (exact) mass is 399 g/mol. The van der Waals surface area contributed by atoms with Crippen molar-refractivity contribution in [1.82, 2.24) is 4.57 Å². The van der Waals surface area contributed by atoms with Crippen LogP contribution in [0.5, 0.6) is 5.75 Å². The molecular weight excluding hydrogens is 380 g/mol. The molecular formula is C22H19F2NO4. The van der Waals surface area contributed by atoms with Crippen molar-refractivity contribution in [2.75, 3.05) is 6.61 Å². The average molecular weight is 399 g/mol. The van der Waals surface area contributed by atoms with Crippen LogP contribution in [0.25, 0.3) is 5.69 Å². The molecule has 0 amide bonds. The van der Waals surface area contributed by atoms with Gasteiger partial charge in [-0.25, -0.2) is 4.79 Å². The van der Waals surface area contributed by atoms with Gasteiger partial charge in [-0.05, 0) is 56.3 Å². The van der Waals surface area contributed by atoms with Crippen molar-refractivity contribution >= 4 is 11.8 Å². The summed E-state index contributed by atoms with van der Waals surface area (Å²) < 4.78 is 35.7. The highest BCUT2D eigenvalue weighted by molar-refractivity contribution is 5.99. The number of alkyl halides is 2. The summed E-state index contributed by atoms with van der Waals surface area (Å²) in [5.41, 5.74) is 3.10. The maximum Gasteiger partial charge on any atom is 0.387 e. The minimum Gasteiger partial charge on any atom is -0.454 e. The van der Waals surface area contributed by atoms with Gasteiger partial charge in [-0.1, -0.05) is 18.2 Å². The largest absolute Gasteiger partial charge is 0.454 e. The van der Waals surface area contributed by atoms with E-state index in [1.165, 1.54) is 24.3 Å². The summed E-state index contributed by atoms with van der Waals surface area (Å²) in [4.78, 5) is 24.7. The van der Waals surface area contributed by atoms with Crippen LogP contribution in [0.1, 0.15) is 32.1 Å². The van der Waals surface area contributed by atoms with Crippen LogP contribution in [0.15, 0.2) is 60.7 Å². The standard InChI is InChI=1S/C22H19F2NO4/c1-14-12-19(15(2)25(14)17-6-4-3-5-7-17)21(27)28-13-20(26)16-8-10-18(11-9-16)29-22(23)24/h3-12,22H,13H2,1-2H3. The fourth-order valence-electron chi connectivity index (χ4n) is 3.06. The van der Waals surface area contributed by atoms with E-state index in [-0.39, 0.29) is 11.3 Å². The number of aromatic nitrogens is 1. The molecule has 0 aliphatic heterocycles. The summed E-state index contributed by atoms with van der Waals surface area (Å²) in [6.07, 6.45) is 0. The highest BCUT2D eigenvalue weighted by atomic mass is 19.3. The van der Waals surface area contributed by atoms with Gasteiger partial charge in [-0.3, -0.25) is 4.79 Å². The van der Waals surface area contributed by atoms with Crippen LogP contribution in [-0.4, -0.2) is 29.5 Å². The molecule has 29 heavy (non-hydrogen) atoms. The Hall–Kier alpha value is -3.48. The number of aryl methyl sites for hydroxylation is 1. The third kappa shape index (κ3) is 4.68. The molecule has 1 heterocycles. The molecule has 0 spiro atoms. The second-order valence-electron chi connectivity index (χ2n) is 6.36. The van der Waals surface area contributed by atoms with Crippen LogP contribution in [0.4, 0.5) is 8.78 Å². The molecule has 0 saturated heterocycles. The number of halogens is 2. The summed E-state index contributed by atoms with van der Waals surface area (Å²) >= 11 is 0. The Balaban J connectivity index is 1.67. The molecule has 3 aromatic rings. The highest BCUT2D eigenvalue weighted by Crippen LogP contribution is 2.21. The number of benzene rings is 2. The van der Waals surface area contributed by atoms with E-state index in [2.05, 4.69) is 4.74 Å². The molecule has 5 nitrogen and oxygen atoms in total. The van der Waals surface area contributed by atoms with Crippen LogP contribution in [0.3, 0.4) is 0 Å². The quantitative estimate of drug-likeness (QED) is 0.426. The molecule has 0 unspecified atom stereocenters. The van der Waals surface area contributed by atoms with Crippen molar-refractivity contribution in [3.05, 3.63) is 83.2 Å². The number of nitrogens with zero attached hydrogens (tertiary/aromatic N) is 1. The van der Waals surface area contributed by atoms with E-state index in [0.717, 1.165) is 11.4 Å². The molecule has 1 aromatic heterocycles. The molecule has 2 aromatic carbocycles. The van der Waals surface area contributed by atoms with Crippen LogP contribution >= 0.6 is 0 Å². The normalized spacial score (nSPS) is 10.8. The summed E-state index contributed by atoms with van der Waals surface area (Å²) in [6.45, 7) is 0.293. The second kappa shape index (κ2) is 8.68. The van der Waals surface area contributed by atoms with Crippen LogP contribution in [-0.2, 0) is 4.74 Å². The lowest BCUT2D eigenvalue weighted by Gasteiger charge is -2.10. The van der Waals surface area contributed by atoms with Crippen molar-refractivity contribution in [3.8, 4) is 11.4 Å². The van der Waals surface area contributed by atoms with E-state index < -0.39 is 25.0 Å². The van der Waals surface area contributed by atoms with Crippen molar-refractivity contribution < 1.29 is 27.8 Å². The van der Waals surface area contributed by atoms with E-state index in [1.54, 1.807) is 13.0 Å². The molecule has 0 N–H and O–H groups in total. The molecule has 0 saturated carbocycles. The number of Topliss-reactive ketones (excluding diaryl/α,β-unsaturated/α-hetero) is 1. The molecule has 0 radical (unpaired) electrons. The first-order chi connectivity index (χ1) is 13.9. The predicted octanol–water partition coefficient (Wildman–Crippen LogP) is 4.74. The maximum absolute atomic E-state index is 12.5. The maximum atomic E-state index is 12.5. The van der Waals surface area contributed by atoms with Crippen LogP contribution in [0, 0.1) is 13.8 Å². The topological polar surface area (TPSA) is 57.5 Å². The number of rotatable bonds is 7. The Morgan fingerprint density at radius 3 is 2.28 bits per heavy atom. The molecule has 150 valence electrons. The predicted molar refractivity (Wildman–Crippen MR) is 103 cm³/mol. The summed E-state index contributed by atoms with van der Waals surface area (Å²) in [5, 5.41) is 0. The summed E-state index contributed by atoms with van der Waals surface area (Å²) in [6, 6.07) is 16.5. The van der Waals surface area contributed by atoms with Gasteiger partial charge < -0.3 is 14.0 Å². The zero-order valence-electron chi connectivity index (χ0n) is 15.9. The number of hydrogen-bond donors (Lipinski definition) is 0. The number of ketones is 1. The Morgan fingerprint density at radius 2 is 1.66 bits per heavy atom. The smallest absolute Gasteiger partial charge is 0.387 e. The minimum atomic E-state index is -2.94. The van der Waals surface area contributed by atoms with Gasteiger partial charge in [0.1, 0.15) is 5.75 Å². The minimum absolute atomic E-state index is 0.0538. The van der Waals surface area contributed by atoms with Crippen molar-refractivity contribution in [1.29, 1.82) is 0 Å². The molecule has 3 rings (SSSR count). The van der Waals surface area contributed by atoms with Gasteiger partial charge in [0.15, 0.2) is 12.4 Å². The van der Waals surface area contributed by atoms with Gasteiger partial charge in [0.25, 0.3) is 0 Å². The number of ether oxygens (including phenoxy) is 2. The van der Waals surface area contributed by atoms with Gasteiger partial charge in [0.05, 0.1) is 5.56 Å². The molecule has 0 aliphatic carbocycles. The van der Waals surface area contributed by atoms with Crippen molar-refractivity contribution in [3.63, 3.8) is 0 Å². The SMILES string of the molecule is Cc1cc(C(=O)OCC(=O)c2ccc(OC(F)F)cc2)c(C)n1-c1ccccc1. The van der Waals surface area contributed by atoms with Gasteiger partial charge in [-0.2, -0.15) is 8.78 Å². The van der Waals surface area contributed by atoms with Gasteiger partial charge >= 0.3 is 12.6 Å². The number of carbonyl (C=O) groups excluding carboxylic acids is 2. The highest BCUT2D eigenvalue weighted by Gasteiger charge is 2.19. The van der Waals surface area contributed by atoms with E-state index in [9.17, 15) is 18.4 Å². The third-order valence-corrected chi connectivity index (χ3v) is 4.40. The fraction of sp³-hybridized carbons (Fsp3) is 0.182. The zero-order valence-corrected chi connectivity index (χ0v) is 15.9. The number of carbonyl (C=O) groups is 2. The first-order valence-electron chi connectivity index (χ1n) is 8.86. The van der Waals surface area contributed by atoms with Crippen LogP contribution in [0.2, 0.25) is 0 Å². The molecule has 0 bridgehead atoms. The van der Waals surface area contributed by atoms with Crippen LogP contribution < -0.4 is 4.74 Å². The summed E-state index contributed by atoms with van der Waals surface area (Å²) in [7, 11) is 0. The van der Waals surface area contributed by atoms with Crippen molar-refractivity contribution in [2.24, 2.45) is 0 Å². The lowest BCUT2D eigenvalue weighted by Crippen LogP contribution is -2.15.